The highest BCUT2D eigenvalue weighted by Crippen LogP contribution is 2.53. The second-order valence-electron chi connectivity index (χ2n) is 11.8. The van der Waals surface area contributed by atoms with Crippen LogP contribution in [-0.4, -0.2) is 70.2 Å². The lowest BCUT2D eigenvalue weighted by Gasteiger charge is -2.39. The first kappa shape index (κ1) is 27.3. The molecule has 0 aromatic heterocycles. The Labute approximate surface area is 225 Å². The van der Waals surface area contributed by atoms with Crippen LogP contribution in [0.4, 0.5) is 5.69 Å². The van der Waals surface area contributed by atoms with E-state index in [-0.39, 0.29) is 26.7 Å². The minimum atomic E-state index is -3.68. The lowest BCUT2D eigenvalue weighted by atomic mass is 9.65. The summed E-state index contributed by atoms with van der Waals surface area (Å²) in [6.07, 6.45) is 2.72. The van der Waals surface area contributed by atoms with Gasteiger partial charge in [0.05, 0.1) is 23.0 Å². The minimum Gasteiger partial charge on any atom is -0.379 e. The van der Waals surface area contributed by atoms with Gasteiger partial charge in [0.25, 0.3) is 5.91 Å². The van der Waals surface area contributed by atoms with Crippen LogP contribution in [0.15, 0.2) is 58.3 Å². The quantitative estimate of drug-likeness (QED) is 0.577. The van der Waals surface area contributed by atoms with E-state index >= 15 is 0 Å². The van der Waals surface area contributed by atoms with Crippen LogP contribution in [0.3, 0.4) is 0 Å². The number of carbonyl (C=O) groups excluding carboxylic acids is 1. The predicted molar refractivity (Wildman–Crippen MR) is 144 cm³/mol. The monoisotopic (exact) mass is 561 g/mol. The smallest absolute Gasteiger partial charge is 0.255 e. The van der Waals surface area contributed by atoms with Gasteiger partial charge in [0.15, 0.2) is 0 Å². The van der Waals surface area contributed by atoms with Gasteiger partial charge in [-0.1, -0.05) is 20.8 Å². The fourth-order valence-electron chi connectivity index (χ4n) is 6.45. The SMILES string of the molecule is CC1(C)CC2CC(C)(CN2S(=O)(=O)c2ccc(C(=O)Nc3ccc(S(=O)(=O)N4CCOCC4)cc3)cc2)C1. The molecule has 2 aromatic rings. The summed E-state index contributed by atoms with van der Waals surface area (Å²) in [5.41, 5.74) is 0.834. The van der Waals surface area contributed by atoms with Crippen LogP contribution in [0.2, 0.25) is 0 Å². The van der Waals surface area contributed by atoms with Gasteiger partial charge < -0.3 is 10.1 Å². The third-order valence-electron chi connectivity index (χ3n) is 7.81. The number of rotatable bonds is 6. The zero-order valence-electron chi connectivity index (χ0n) is 22.0. The van der Waals surface area contributed by atoms with Crippen LogP contribution in [0.1, 0.15) is 50.4 Å². The fraction of sp³-hybridized carbons (Fsp3) is 0.519. The summed E-state index contributed by atoms with van der Waals surface area (Å²) in [6.45, 7) is 8.45. The molecule has 3 aliphatic rings. The first-order valence-electron chi connectivity index (χ1n) is 12.9. The Kier molecular flexibility index (Phi) is 6.96. The van der Waals surface area contributed by atoms with Gasteiger partial charge in [0.1, 0.15) is 0 Å². The molecule has 0 spiro atoms. The zero-order chi connectivity index (χ0) is 27.3. The molecule has 206 valence electrons. The van der Waals surface area contributed by atoms with Gasteiger partial charge in [-0.3, -0.25) is 4.79 Å². The Hall–Kier alpha value is -2.31. The summed E-state index contributed by atoms with van der Waals surface area (Å²) in [6, 6.07) is 12.0. The molecule has 0 radical (unpaired) electrons. The van der Waals surface area contributed by atoms with Crippen LogP contribution in [0.25, 0.3) is 0 Å². The van der Waals surface area contributed by atoms with Crippen LogP contribution in [0, 0.1) is 10.8 Å². The molecule has 2 heterocycles. The molecule has 9 nitrogen and oxygen atoms in total. The molecule has 1 amide bonds. The first-order chi connectivity index (χ1) is 17.8. The lowest BCUT2D eigenvalue weighted by Crippen LogP contribution is -2.40. The van der Waals surface area contributed by atoms with E-state index in [2.05, 4.69) is 26.1 Å². The molecule has 11 heteroatoms. The molecule has 38 heavy (non-hydrogen) atoms. The van der Waals surface area contributed by atoms with E-state index in [0.717, 1.165) is 19.3 Å². The molecular weight excluding hydrogens is 526 g/mol. The van der Waals surface area contributed by atoms with E-state index in [4.69, 9.17) is 4.74 Å². The van der Waals surface area contributed by atoms with Gasteiger partial charge in [-0.05, 0) is 78.6 Å². The summed E-state index contributed by atoms with van der Waals surface area (Å²) >= 11 is 0. The van der Waals surface area contributed by atoms with Gasteiger partial charge in [0.2, 0.25) is 20.0 Å². The van der Waals surface area contributed by atoms with Crippen molar-refractivity contribution in [2.45, 2.75) is 55.9 Å². The molecule has 2 saturated heterocycles. The normalized spacial score (nSPS) is 26.2. The largest absolute Gasteiger partial charge is 0.379 e. The number of ether oxygens (including phenoxy) is 1. The molecule has 2 aliphatic heterocycles. The van der Waals surface area contributed by atoms with Crippen molar-refractivity contribution < 1.29 is 26.4 Å². The van der Waals surface area contributed by atoms with Crippen LogP contribution >= 0.6 is 0 Å². The van der Waals surface area contributed by atoms with Crippen molar-refractivity contribution in [3.8, 4) is 0 Å². The van der Waals surface area contributed by atoms with Gasteiger partial charge in [-0.25, -0.2) is 16.8 Å². The van der Waals surface area contributed by atoms with Crippen molar-refractivity contribution in [1.82, 2.24) is 8.61 Å². The molecule has 2 unspecified atom stereocenters. The summed E-state index contributed by atoms with van der Waals surface area (Å²) < 4.78 is 60.8. The van der Waals surface area contributed by atoms with Gasteiger partial charge in [0, 0.05) is 36.9 Å². The number of anilines is 1. The van der Waals surface area contributed by atoms with Crippen molar-refractivity contribution in [2.24, 2.45) is 10.8 Å². The molecule has 2 aromatic carbocycles. The summed E-state index contributed by atoms with van der Waals surface area (Å²) in [7, 11) is -7.30. The van der Waals surface area contributed by atoms with Gasteiger partial charge in [-0.2, -0.15) is 8.61 Å². The van der Waals surface area contributed by atoms with Crippen molar-refractivity contribution >= 4 is 31.6 Å². The number of amides is 1. The average molecular weight is 562 g/mol. The second-order valence-corrected chi connectivity index (χ2v) is 15.6. The maximum atomic E-state index is 13.5. The number of hydrogen-bond acceptors (Lipinski definition) is 6. The molecule has 1 N–H and O–H groups in total. The van der Waals surface area contributed by atoms with Crippen molar-refractivity contribution in [1.29, 1.82) is 0 Å². The van der Waals surface area contributed by atoms with Crippen LogP contribution in [-0.2, 0) is 24.8 Å². The Balaban J connectivity index is 1.26. The number of morpholine rings is 1. The number of benzene rings is 2. The molecule has 1 aliphatic carbocycles. The Morgan fingerprint density at radius 3 is 2.08 bits per heavy atom. The number of fused-ring (bicyclic) bond motifs is 2. The number of nitrogens with one attached hydrogen (secondary N) is 1. The number of hydrogen-bond donors (Lipinski definition) is 1. The highest BCUT2D eigenvalue weighted by molar-refractivity contribution is 7.89. The average Bonchev–Trinajstić information content (AvgIpc) is 3.14. The van der Waals surface area contributed by atoms with Crippen molar-refractivity contribution in [3.05, 3.63) is 54.1 Å². The van der Waals surface area contributed by atoms with E-state index < -0.39 is 26.0 Å². The highest BCUT2D eigenvalue weighted by atomic mass is 32.2. The van der Waals surface area contributed by atoms with E-state index in [0.29, 0.717) is 44.1 Å². The van der Waals surface area contributed by atoms with E-state index in [9.17, 15) is 21.6 Å². The third kappa shape index (κ3) is 5.27. The maximum Gasteiger partial charge on any atom is 0.255 e. The van der Waals surface area contributed by atoms with Gasteiger partial charge >= 0.3 is 0 Å². The Bertz CT molecular complexity index is 1420. The van der Waals surface area contributed by atoms with E-state index in [1.165, 1.54) is 52.8 Å². The van der Waals surface area contributed by atoms with Gasteiger partial charge in [-0.15, -0.1) is 0 Å². The topological polar surface area (TPSA) is 113 Å². The molecule has 2 atom stereocenters. The molecule has 3 fully saturated rings. The first-order valence-corrected chi connectivity index (χ1v) is 15.8. The van der Waals surface area contributed by atoms with E-state index in [1.54, 1.807) is 4.31 Å². The molecular formula is C27H35N3O6S2. The number of nitrogens with zero attached hydrogens (tertiary/aromatic N) is 2. The number of sulfonamides is 2. The summed E-state index contributed by atoms with van der Waals surface area (Å²) in [5.74, 6) is -0.413. The molecule has 1 saturated carbocycles. The second kappa shape index (κ2) is 9.71. The Morgan fingerprint density at radius 1 is 0.868 bits per heavy atom. The lowest BCUT2D eigenvalue weighted by molar-refractivity contribution is 0.0730. The standard InChI is InChI=1S/C27H35N3O6S2/c1-26(2)16-22-17-27(3,18-26)19-30(22)38(34,35)24-8-4-20(5-9-24)25(31)28-21-6-10-23(11-7-21)37(32,33)29-12-14-36-15-13-29/h4-11,22H,12-19H2,1-3H3,(H,28,31). The minimum absolute atomic E-state index is 0.00763. The van der Waals surface area contributed by atoms with Crippen molar-refractivity contribution in [2.75, 3.05) is 38.2 Å². The Morgan fingerprint density at radius 2 is 1.45 bits per heavy atom. The van der Waals surface area contributed by atoms with Crippen molar-refractivity contribution in [3.63, 3.8) is 0 Å². The highest BCUT2D eigenvalue weighted by Gasteiger charge is 2.53. The molecule has 2 bridgehead atoms. The van der Waals surface area contributed by atoms with Crippen LogP contribution in [0.5, 0.6) is 0 Å². The zero-order valence-corrected chi connectivity index (χ0v) is 23.6. The summed E-state index contributed by atoms with van der Waals surface area (Å²) in [5, 5.41) is 2.75. The maximum absolute atomic E-state index is 13.5. The predicted octanol–water partition coefficient (Wildman–Crippen LogP) is 3.55. The molecule has 5 rings (SSSR count). The number of carbonyl (C=O) groups is 1. The van der Waals surface area contributed by atoms with E-state index in [1.807, 2.05) is 0 Å². The fourth-order valence-corrected chi connectivity index (χ4v) is 9.63. The summed E-state index contributed by atoms with van der Waals surface area (Å²) in [4.78, 5) is 13.1. The van der Waals surface area contributed by atoms with Crippen LogP contribution < -0.4 is 5.32 Å². The third-order valence-corrected chi connectivity index (χ3v) is 11.6.